The number of rotatable bonds is 3. The normalized spacial score (nSPS) is 29.2. The van der Waals surface area contributed by atoms with Crippen molar-refractivity contribution in [3.63, 3.8) is 0 Å². The van der Waals surface area contributed by atoms with E-state index in [1.54, 1.807) is 7.05 Å². The van der Waals surface area contributed by atoms with Gasteiger partial charge >= 0.3 is 6.08 Å². The molecule has 2 aromatic rings. The predicted molar refractivity (Wildman–Crippen MR) is 67.8 cm³/mol. The lowest BCUT2D eigenvalue weighted by atomic mass is 10.1. The van der Waals surface area contributed by atoms with E-state index in [1.807, 2.05) is 0 Å². The Labute approximate surface area is 118 Å². The van der Waals surface area contributed by atoms with Gasteiger partial charge in [-0.05, 0) is 0 Å². The molecule has 1 saturated heterocycles. The van der Waals surface area contributed by atoms with E-state index < -0.39 is 37.2 Å². The zero-order valence-corrected chi connectivity index (χ0v) is 11.0. The lowest BCUT2D eigenvalue weighted by molar-refractivity contribution is -0.0511. The lowest BCUT2D eigenvalue weighted by Crippen LogP contribution is -2.33. The topological polar surface area (TPSA) is 126 Å². The summed E-state index contributed by atoms with van der Waals surface area (Å²) in [5.41, 5.74) is 0.415. The average molecular weight is 299 g/mol. The molecule has 4 atom stereocenters. The molecular weight excluding hydrogens is 285 g/mol. The number of aliphatic hydroxyl groups is 3. The maximum atomic E-state index is 13.4. The fourth-order valence-corrected chi connectivity index (χ4v) is 2.36. The second-order valence-electron chi connectivity index (χ2n) is 4.64. The molecular formula is C11H14FN5O4. The third kappa shape index (κ3) is 2.12. The van der Waals surface area contributed by atoms with Crippen LogP contribution in [-0.4, -0.2) is 66.8 Å². The SMILES string of the molecule is CNc1nc(F)nc2c1ncn2C1OC(CO)C(O)C1O. The van der Waals surface area contributed by atoms with E-state index in [0.717, 1.165) is 0 Å². The number of hydrogen-bond donors (Lipinski definition) is 4. The van der Waals surface area contributed by atoms with Crippen molar-refractivity contribution in [1.29, 1.82) is 0 Å². The molecule has 1 aliphatic rings. The maximum Gasteiger partial charge on any atom is 0.312 e. The molecule has 4 N–H and O–H groups in total. The molecule has 3 heterocycles. The monoisotopic (exact) mass is 299 g/mol. The van der Waals surface area contributed by atoms with Gasteiger partial charge in [0.25, 0.3) is 0 Å². The largest absolute Gasteiger partial charge is 0.394 e. The molecule has 0 bridgehead atoms. The van der Waals surface area contributed by atoms with Crippen molar-refractivity contribution in [3.05, 3.63) is 12.4 Å². The third-order valence-corrected chi connectivity index (χ3v) is 3.42. The second-order valence-corrected chi connectivity index (χ2v) is 4.64. The van der Waals surface area contributed by atoms with E-state index in [4.69, 9.17) is 9.84 Å². The predicted octanol–water partition coefficient (Wildman–Crippen LogP) is -1.38. The fraction of sp³-hybridized carbons (Fsp3) is 0.545. The Balaban J connectivity index is 2.07. The Kier molecular flexibility index (Phi) is 3.45. The number of nitrogens with zero attached hydrogens (tertiary/aromatic N) is 4. The van der Waals surface area contributed by atoms with Crippen LogP contribution < -0.4 is 5.32 Å². The Hall–Kier alpha value is -1.88. The van der Waals surface area contributed by atoms with E-state index in [1.165, 1.54) is 10.9 Å². The molecule has 0 amide bonds. The number of fused-ring (bicyclic) bond motifs is 1. The van der Waals surface area contributed by atoms with Crippen molar-refractivity contribution >= 4 is 17.0 Å². The minimum Gasteiger partial charge on any atom is -0.394 e. The van der Waals surface area contributed by atoms with Gasteiger partial charge in [0.2, 0.25) is 0 Å². The highest BCUT2D eigenvalue weighted by atomic mass is 19.1. The van der Waals surface area contributed by atoms with Gasteiger partial charge in [0.05, 0.1) is 12.9 Å². The summed E-state index contributed by atoms with van der Waals surface area (Å²) in [6.45, 7) is -0.452. The minimum atomic E-state index is -1.30. The summed E-state index contributed by atoms with van der Waals surface area (Å²) in [5, 5.41) is 31.6. The van der Waals surface area contributed by atoms with Crippen LogP contribution in [0, 0.1) is 6.08 Å². The van der Waals surface area contributed by atoms with Gasteiger partial charge < -0.3 is 25.4 Å². The molecule has 9 nitrogen and oxygen atoms in total. The first-order valence-electron chi connectivity index (χ1n) is 6.27. The van der Waals surface area contributed by atoms with E-state index in [2.05, 4.69) is 20.3 Å². The Morgan fingerprint density at radius 1 is 1.38 bits per heavy atom. The van der Waals surface area contributed by atoms with Crippen LogP contribution >= 0.6 is 0 Å². The Morgan fingerprint density at radius 2 is 2.14 bits per heavy atom. The van der Waals surface area contributed by atoms with Crippen molar-refractivity contribution in [2.75, 3.05) is 19.0 Å². The smallest absolute Gasteiger partial charge is 0.312 e. The summed E-state index contributed by atoms with van der Waals surface area (Å²) in [5.74, 6) is 0.197. The summed E-state index contributed by atoms with van der Waals surface area (Å²) >= 11 is 0. The van der Waals surface area contributed by atoms with E-state index in [9.17, 15) is 14.6 Å². The summed E-state index contributed by atoms with van der Waals surface area (Å²) in [7, 11) is 1.56. The van der Waals surface area contributed by atoms with Crippen LogP contribution in [-0.2, 0) is 4.74 Å². The number of imidazole rings is 1. The van der Waals surface area contributed by atoms with Gasteiger partial charge in [-0.25, -0.2) is 4.98 Å². The maximum absolute atomic E-state index is 13.4. The highest BCUT2D eigenvalue weighted by molar-refractivity contribution is 5.82. The van der Waals surface area contributed by atoms with Crippen molar-refractivity contribution < 1.29 is 24.4 Å². The van der Waals surface area contributed by atoms with Crippen LogP contribution in [0.3, 0.4) is 0 Å². The van der Waals surface area contributed by atoms with Crippen LogP contribution in [0.5, 0.6) is 0 Å². The molecule has 2 aromatic heterocycles. The summed E-state index contributed by atoms with van der Waals surface area (Å²) in [4.78, 5) is 11.3. The number of aromatic nitrogens is 4. The quantitative estimate of drug-likeness (QED) is 0.511. The van der Waals surface area contributed by atoms with Gasteiger partial charge in [0.15, 0.2) is 23.2 Å². The lowest BCUT2D eigenvalue weighted by Gasteiger charge is -2.16. The van der Waals surface area contributed by atoms with Gasteiger partial charge in [0.1, 0.15) is 18.3 Å². The van der Waals surface area contributed by atoms with Crippen molar-refractivity contribution in [3.8, 4) is 0 Å². The molecule has 0 saturated carbocycles. The van der Waals surface area contributed by atoms with Gasteiger partial charge in [0, 0.05) is 7.05 Å². The summed E-state index contributed by atoms with van der Waals surface area (Å²) in [6, 6.07) is 0. The molecule has 0 aromatic carbocycles. The van der Waals surface area contributed by atoms with E-state index in [-0.39, 0.29) is 11.5 Å². The molecule has 0 spiro atoms. The summed E-state index contributed by atoms with van der Waals surface area (Å²) < 4.78 is 20.1. The van der Waals surface area contributed by atoms with E-state index >= 15 is 0 Å². The second kappa shape index (κ2) is 5.15. The molecule has 0 radical (unpaired) electrons. The van der Waals surface area contributed by atoms with Gasteiger partial charge in [-0.3, -0.25) is 4.57 Å². The zero-order valence-electron chi connectivity index (χ0n) is 11.0. The first-order valence-corrected chi connectivity index (χ1v) is 6.27. The van der Waals surface area contributed by atoms with E-state index in [0.29, 0.717) is 5.52 Å². The number of halogens is 1. The number of aliphatic hydroxyl groups excluding tert-OH is 3. The van der Waals surface area contributed by atoms with Crippen molar-refractivity contribution in [2.45, 2.75) is 24.5 Å². The Bertz CT molecular complexity index is 665. The molecule has 3 rings (SSSR count). The molecule has 114 valence electrons. The molecule has 4 unspecified atom stereocenters. The number of ether oxygens (including phenoxy) is 1. The summed E-state index contributed by atoms with van der Waals surface area (Å²) in [6.07, 6.45) is -4.16. The standard InChI is InChI=1S/C11H14FN5O4/c1-13-8-5-9(16-11(12)15-8)17(3-14-5)10-7(20)6(19)4(2-18)21-10/h3-4,6-7,10,18-20H,2H2,1H3,(H,13,15,16). The van der Waals surface area contributed by atoms with Crippen LogP contribution in [0.15, 0.2) is 6.33 Å². The fourth-order valence-electron chi connectivity index (χ4n) is 2.36. The highest BCUT2D eigenvalue weighted by Gasteiger charge is 2.44. The number of hydrogen-bond acceptors (Lipinski definition) is 8. The van der Waals surface area contributed by atoms with Gasteiger partial charge in [-0.1, -0.05) is 0 Å². The first-order chi connectivity index (χ1) is 10.1. The molecule has 21 heavy (non-hydrogen) atoms. The van der Waals surface area contributed by atoms with Crippen LogP contribution in [0.25, 0.3) is 11.2 Å². The van der Waals surface area contributed by atoms with Gasteiger partial charge in [-0.15, -0.1) is 0 Å². The number of anilines is 1. The van der Waals surface area contributed by atoms with Crippen LogP contribution in [0.2, 0.25) is 0 Å². The first kappa shape index (κ1) is 14.1. The third-order valence-electron chi connectivity index (χ3n) is 3.42. The highest BCUT2D eigenvalue weighted by Crippen LogP contribution is 2.32. The average Bonchev–Trinajstić information content (AvgIpc) is 3.01. The number of nitrogens with one attached hydrogen (secondary N) is 1. The zero-order chi connectivity index (χ0) is 15.1. The van der Waals surface area contributed by atoms with Crippen LogP contribution in [0.1, 0.15) is 6.23 Å². The molecule has 1 fully saturated rings. The molecule has 10 heteroatoms. The molecule has 0 aliphatic carbocycles. The van der Waals surface area contributed by atoms with Gasteiger partial charge in [-0.2, -0.15) is 14.4 Å². The Morgan fingerprint density at radius 3 is 2.76 bits per heavy atom. The van der Waals surface area contributed by atoms with Crippen molar-refractivity contribution in [1.82, 2.24) is 19.5 Å². The van der Waals surface area contributed by atoms with Crippen molar-refractivity contribution in [2.24, 2.45) is 0 Å². The molecule has 1 aliphatic heterocycles. The minimum absolute atomic E-state index is 0.113. The van der Waals surface area contributed by atoms with Crippen LogP contribution in [0.4, 0.5) is 10.2 Å².